The largest absolute Gasteiger partial charge is 0.772 e. The van der Waals surface area contributed by atoms with Crippen molar-refractivity contribution in [1.82, 2.24) is 19.9 Å². The van der Waals surface area contributed by atoms with Crippen LogP contribution in [0.5, 0.6) is 0 Å². The lowest BCUT2D eigenvalue weighted by atomic mass is 9.95. The van der Waals surface area contributed by atoms with E-state index in [1.54, 1.807) is 0 Å². The summed E-state index contributed by atoms with van der Waals surface area (Å²) in [4.78, 5) is 24.0. The van der Waals surface area contributed by atoms with Gasteiger partial charge in [-0.25, -0.2) is 4.79 Å². The zero-order valence-electron chi connectivity index (χ0n) is 10.6. The van der Waals surface area contributed by atoms with Crippen LogP contribution in [0.15, 0.2) is 12.4 Å². The van der Waals surface area contributed by atoms with Gasteiger partial charge in [0, 0.05) is 19.2 Å². The van der Waals surface area contributed by atoms with E-state index in [0.29, 0.717) is 0 Å². The van der Waals surface area contributed by atoms with E-state index in [-0.39, 0.29) is 25.4 Å². The van der Waals surface area contributed by atoms with E-state index in [2.05, 4.69) is 10.3 Å². The molecule has 1 N–H and O–H groups in total. The third-order valence-electron chi connectivity index (χ3n) is 3.34. The quantitative estimate of drug-likeness (QED) is 0.505. The maximum absolute atomic E-state index is 11.6. The number of rotatable bonds is 6. The number of likely N-dealkylation sites (tertiary alicyclic amines) is 1. The van der Waals surface area contributed by atoms with E-state index >= 15 is 0 Å². The van der Waals surface area contributed by atoms with Gasteiger partial charge >= 0.3 is 5.97 Å². The highest BCUT2D eigenvalue weighted by molar-refractivity contribution is 7.80. The Kier molecular flexibility index (Phi) is 3.86. The molecule has 1 aliphatic rings. The first-order valence-electron chi connectivity index (χ1n) is 5.82. The van der Waals surface area contributed by atoms with Crippen molar-refractivity contribution in [2.75, 3.05) is 6.54 Å². The normalized spacial score (nSPS) is 20.9. The standard InChI is InChI=1S/C10H14N4O5S/c1-10(20(18)19,6-13-5-3-11-12-13)8(9(16)17)14-4-2-7(14)15/h3,5,8H,2,4,6H2,1H3,(H,16,17)(H,18,19)/p-1/t8?,10-/m0/s1. The summed E-state index contributed by atoms with van der Waals surface area (Å²) in [5, 5.41) is 16.5. The minimum absolute atomic E-state index is 0.205. The van der Waals surface area contributed by atoms with Gasteiger partial charge < -0.3 is 14.6 Å². The van der Waals surface area contributed by atoms with Crippen LogP contribution in [0.25, 0.3) is 0 Å². The molecule has 2 unspecified atom stereocenters. The Morgan fingerprint density at radius 3 is 2.75 bits per heavy atom. The number of carbonyl (C=O) groups is 2. The summed E-state index contributed by atoms with van der Waals surface area (Å²) < 4.78 is 22.7. The number of carboxylic acid groups (broad SMARTS) is 1. The minimum Gasteiger partial charge on any atom is -0.772 e. The van der Waals surface area contributed by atoms with Gasteiger partial charge in [-0.15, -0.1) is 5.10 Å². The molecule has 0 aliphatic carbocycles. The predicted octanol–water partition coefficient (Wildman–Crippen LogP) is -1.40. The van der Waals surface area contributed by atoms with Crippen LogP contribution in [-0.4, -0.2) is 63.0 Å². The zero-order chi connectivity index (χ0) is 14.9. The number of hydrogen-bond acceptors (Lipinski definition) is 6. The molecule has 2 heterocycles. The molecule has 10 heteroatoms. The van der Waals surface area contributed by atoms with Gasteiger partial charge in [-0.3, -0.25) is 13.7 Å². The van der Waals surface area contributed by atoms with E-state index in [1.807, 2.05) is 0 Å². The maximum Gasteiger partial charge on any atom is 0.327 e. The van der Waals surface area contributed by atoms with Crippen LogP contribution in [0.1, 0.15) is 13.3 Å². The Labute approximate surface area is 116 Å². The fourth-order valence-corrected chi connectivity index (χ4v) is 2.85. The van der Waals surface area contributed by atoms with Gasteiger partial charge in [0.1, 0.15) is 6.04 Å². The molecule has 3 atom stereocenters. The molecular formula is C10H13N4O5S-. The highest BCUT2D eigenvalue weighted by Crippen LogP contribution is 2.28. The molecule has 0 saturated carbocycles. The molecule has 2 rings (SSSR count). The van der Waals surface area contributed by atoms with E-state index in [9.17, 15) is 23.5 Å². The second-order valence-electron chi connectivity index (χ2n) is 4.73. The second-order valence-corrected chi connectivity index (χ2v) is 6.13. The lowest BCUT2D eigenvalue weighted by molar-refractivity contribution is -0.158. The number of aliphatic carboxylic acids is 1. The Hall–Kier alpha value is -1.81. The second kappa shape index (κ2) is 5.29. The van der Waals surface area contributed by atoms with Crippen LogP contribution >= 0.6 is 0 Å². The molecule has 20 heavy (non-hydrogen) atoms. The number of β-lactam (4-membered cyclic amide) rings is 1. The predicted molar refractivity (Wildman–Crippen MR) is 65.1 cm³/mol. The van der Waals surface area contributed by atoms with Crippen molar-refractivity contribution in [2.24, 2.45) is 0 Å². The molecule has 0 radical (unpaired) electrons. The van der Waals surface area contributed by atoms with Crippen LogP contribution < -0.4 is 0 Å². The molecule has 1 aliphatic heterocycles. The number of carbonyl (C=O) groups excluding carboxylic acids is 1. The van der Waals surface area contributed by atoms with Gasteiger partial charge in [-0.05, 0) is 18.0 Å². The van der Waals surface area contributed by atoms with Crippen molar-refractivity contribution >= 4 is 23.0 Å². The van der Waals surface area contributed by atoms with Crippen molar-refractivity contribution in [3.63, 3.8) is 0 Å². The summed E-state index contributed by atoms with van der Waals surface area (Å²) >= 11 is -2.72. The first-order chi connectivity index (χ1) is 9.36. The van der Waals surface area contributed by atoms with Gasteiger partial charge in [0.2, 0.25) is 5.91 Å². The van der Waals surface area contributed by atoms with Crippen molar-refractivity contribution in [3.8, 4) is 0 Å². The summed E-state index contributed by atoms with van der Waals surface area (Å²) in [5.41, 5.74) is 0. The molecule has 0 aromatic carbocycles. The van der Waals surface area contributed by atoms with E-state index in [0.717, 1.165) is 4.90 Å². The van der Waals surface area contributed by atoms with Crippen molar-refractivity contribution in [2.45, 2.75) is 30.7 Å². The Balaban J connectivity index is 2.35. The lowest BCUT2D eigenvalue weighted by Gasteiger charge is -2.45. The molecular weight excluding hydrogens is 288 g/mol. The number of amides is 1. The van der Waals surface area contributed by atoms with Gasteiger partial charge in [-0.1, -0.05) is 5.21 Å². The fourth-order valence-electron chi connectivity index (χ4n) is 2.20. The Morgan fingerprint density at radius 1 is 1.70 bits per heavy atom. The van der Waals surface area contributed by atoms with Crippen molar-refractivity contribution in [1.29, 1.82) is 0 Å². The average molecular weight is 301 g/mol. The number of nitrogens with zero attached hydrogens (tertiary/aromatic N) is 4. The molecule has 1 aromatic rings. The Bertz CT molecular complexity index is 548. The molecule has 1 fully saturated rings. The highest BCUT2D eigenvalue weighted by atomic mass is 32.2. The molecule has 9 nitrogen and oxygen atoms in total. The zero-order valence-corrected chi connectivity index (χ0v) is 11.4. The third-order valence-corrected chi connectivity index (χ3v) is 4.45. The monoisotopic (exact) mass is 301 g/mol. The van der Waals surface area contributed by atoms with Crippen LogP contribution in [0, 0.1) is 0 Å². The van der Waals surface area contributed by atoms with Gasteiger partial charge in [0.15, 0.2) is 0 Å². The van der Waals surface area contributed by atoms with E-state index in [1.165, 1.54) is 24.0 Å². The first-order valence-corrected chi connectivity index (χ1v) is 6.89. The van der Waals surface area contributed by atoms with Crippen molar-refractivity contribution in [3.05, 3.63) is 12.4 Å². The van der Waals surface area contributed by atoms with E-state index < -0.39 is 27.8 Å². The Morgan fingerprint density at radius 2 is 2.40 bits per heavy atom. The summed E-state index contributed by atoms with van der Waals surface area (Å²) in [6.07, 6.45) is 3.02. The van der Waals surface area contributed by atoms with Crippen LogP contribution in [0.4, 0.5) is 0 Å². The maximum atomic E-state index is 11.6. The van der Waals surface area contributed by atoms with Gasteiger partial charge in [0.25, 0.3) is 0 Å². The molecule has 1 saturated heterocycles. The number of carboxylic acids is 1. The van der Waals surface area contributed by atoms with E-state index in [4.69, 9.17) is 0 Å². The summed E-state index contributed by atoms with van der Waals surface area (Å²) in [5.74, 6) is -1.72. The average Bonchev–Trinajstić information content (AvgIpc) is 2.85. The van der Waals surface area contributed by atoms with Crippen LogP contribution in [0.2, 0.25) is 0 Å². The molecule has 0 bridgehead atoms. The van der Waals surface area contributed by atoms with Gasteiger partial charge in [-0.2, -0.15) is 0 Å². The SMILES string of the molecule is C[C@](Cn1ccnn1)(C(C(=O)O)N1CCC1=O)S(=O)[O-]. The molecule has 0 spiro atoms. The topological polar surface area (TPSA) is 128 Å². The summed E-state index contributed by atoms with van der Waals surface area (Å²) in [6.45, 7) is 1.31. The smallest absolute Gasteiger partial charge is 0.327 e. The number of hydrogen-bond donors (Lipinski definition) is 1. The fraction of sp³-hybridized carbons (Fsp3) is 0.600. The first kappa shape index (κ1) is 14.6. The van der Waals surface area contributed by atoms with Crippen LogP contribution in [-0.2, 0) is 27.2 Å². The molecule has 110 valence electrons. The molecule has 1 aromatic heterocycles. The third kappa shape index (κ3) is 2.43. The lowest BCUT2D eigenvalue weighted by Crippen LogP contribution is -2.64. The summed E-state index contributed by atoms with van der Waals surface area (Å²) in [7, 11) is 0. The van der Waals surface area contributed by atoms with Gasteiger partial charge in [0.05, 0.1) is 17.5 Å². The highest BCUT2D eigenvalue weighted by Gasteiger charge is 2.49. The molecule has 1 amide bonds. The summed E-state index contributed by atoms with van der Waals surface area (Å²) in [6, 6.07) is -1.45. The van der Waals surface area contributed by atoms with Crippen molar-refractivity contribution < 1.29 is 23.5 Å². The number of aromatic nitrogens is 3. The minimum atomic E-state index is -2.72. The van der Waals surface area contributed by atoms with Crippen LogP contribution in [0.3, 0.4) is 0 Å².